The summed E-state index contributed by atoms with van der Waals surface area (Å²) in [6.07, 6.45) is 9.30. The van der Waals surface area contributed by atoms with E-state index in [2.05, 4.69) is 54.1 Å². The molecular formula is C51H48BrFN12O6. The maximum Gasteiger partial charge on any atom is 0.269 e. The molecule has 0 radical (unpaired) electrons. The highest BCUT2D eigenvalue weighted by atomic mass is 79.9. The smallest absolute Gasteiger partial charge is 0.269 e. The SMILES string of the molecule is C#C[C@]1(O)CCN(C)C1=O.CN1CC[C@@](O)(C#Cc2cccc(-n3nc(C(N)=O)c4cc(-c5ccn(C)n5)ccc43)c2)C1=O.Cn1ccc(-c2ccc3c(c2)c(C(N)=O)nn3-c2cccc(Br)c2)n1.[2H]CF. The summed E-state index contributed by atoms with van der Waals surface area (Å²) in [6, 6.07) is 30.1. The zero-order valence-corrected chi connectivity index (χ0v) is 40.5. The van der Waals surface area contributed by atoms with E-state index in [9.17, 15) is 33.8 Å². The normalized spacial score (nSPS) is 17.3. The Hall–Kier alpha value is -8.43. The molecule has 4 amide bonds. The summed E-state index contributed by atoms with van der Waals surface area (Å²) in [5.74, 6) is 5.76. The number of halogens is 2. The predicted octanol–water partition coefficient (Wildman–Crippen LogP) is 4.56. The van der Waals surface area contributed by atoms with Crippen LogP contribution in [-0.4, -0.2) is 128 Å². The molecule has 10 rings (SSSR count). The number of amides is 4. The minimum absolute atomic E-state index is 0.151. The van der Waals surface area contributed by atoms with E-state index < -0.39 is 36.1 Å². The van der Waals surface area contributed by atoms with Gasteiger partial charge in [0.25, 0.3) is 23.6 Å². The molecule has 2 aliphatic rings. The molecule has 4 aromatic heterocycles. The summed E-state index contributed by atoms with van der Waals surface area (Å²) in [4.78, 5) is 50.1. The number of terminal acetylenes is 1. The van der Waals surface area contributed by atoms with Crippen molar-refractivity contribution in [3.8, 4) is 58.1 Å². The first-order chi connectivity index (χ1) is 34.3. The zero-order chi connectivity index (χ0) is 52.1. The molecular weight excluding hydrogens is 976 g/mol. The number of benzene rings is 4. The second kappa shape index (κ2) is 20.7. The largest absolute Gasteiger partial charge is 0.369 e. The molecule has 2 saturated heterocycles. The molecule has 0 saturated carbocycles. The molecule has 20 heteroatoms. The predicted molar refractivity (Wildman–Crippen MR) is 268 cm³/mol. The number of aromatic nitrogens is 8. The fraction of sp³-hybridized carbons (Fsp3) is 0.216. The van der Waals surface area contributed by atoms with Gasteiger partial charge in [-0.25, -0.2) is 9.36 Å². The van der Waals surface area contributed by atoms with Crippen molar-refractivity contribution in [1.82, 2.24) is 48.9 Å². The van der Waals surface area contributed by atoms with Gasteiger partial charge in [0.05, 0.1) is 42.3 Å². The van der Waals surface area contributed by atoms with E-state index in [0.29, 0.717) is 47.1 Å². The van der Waals surface area contributed by atoms with E-state index in [4.69, 9.17) is 19.3 Å². The summed E-state index contributed by atoms with van der Waals surface area (Å²) in [7, 11) is 5.96. The topological polar surface area (TPSA) is 239 Å². The second-order valence-corrected chi connectivity index (χ2v) is 17.5. The third-order valence-corrected chi connectivity index (χ3v) is 12.2. The number of carbonyl (C=O) groups is 4. The standard InChI is InChI=1S/C25H22N6O3.C18H14BrN5O.C7H9NO2.CH3F/c1-29-13-11-25(34,24(29)33)10-8-16-4-3-5-18(14-16)31-21-7-6-17(20-9-12-30(2)27-20)15-19(21)22(28-31)23(26)32;1-23-8-7-15(21-23)11-5-6-16-14(9-11)17(18(20)25)22-24(16)13-4-2-3-12(19)10-13;1-3-7(10)4-5-8(2)6(7)9;1-2/h3-7,9,12,14-15,34H,11,13H2,1-2H3,(H2,26,32);2-10H,1H3,(H2,20,25);1,10H,4-5H2,2H3;1H3/t25-;;7-;/m0.0./s1/i;;;1D. The number of aryl methyl sites for hydroxylation is 2. The Morgan fingerprint density at radius 1 is 0.704 bits per heavy atom. The molecule has 2 atom stereocenters. The van der Waals surface area contributed by atoms with Crippen LogP contribution in [0, 0.1) is 24.2 Å². The summed E-state index contributed by atoms with van der Waals surface area (Å²) in [6.45, 7) is 0.999. The first kappa shape index (κ1) is 49.0. The highest BCUT2D eigenvalue weighted by Gasteiger charge is 2.43. The van der Waals surface area contributed by atoms with Gasteiger partial charge in [-0.15, -0.1) is 6.42 Å². The number of likely N-dealkylation sites (N-methyl/N-ethyl adjacent to an activating group) is 2. The van der Waals surface area contributed by atoms with Crippen LogP contribution >= 0.6 is 15.9 Å². The van der Waals surface area contributed by atoms with E-state index in [1.54, 1.807) is 51.0 Å². The number of rotatable bonds is 6. The number of fused-ring (bicyclic) bond motifs is 2. The van der Waals surface area contributed by atoms with E-state index in [1.807, 2.05) is 105 Å². The van der Waals surface area contributed by atoms with Gasteiger partial charge in [0.2, 0.25) is 11.2 Å². The van der Waals surface area contributed by atoms with Crippen LogP contribution in [0.3, 0.4) is 0 Å². The number of hydrogen-bond donors (Lipinski definition) is 4. The molecule has 18 nitrogen and oxygen atoms in total. The molecule has 0 spiro atoms. The van der Waals surface area contributed by atoms with Crippen LogP contribution in [0.15, 0.2) is 114 Å². The van der Waals surface area contributed by atoms with E-state index in [0.717, 1.165) is 38.2 Å². The van der Waals surface area contributed by atoms with Crippen LogP contribution in [0.2, 0.25) is 0 Å². The first-order valence-corrected chi connectivity index (χ1v) is 22.4. The number of aliphatic hydroxyl groups is 2. The number of carbonyl (C=O) groups excluding carboxylic acids is 4. The summed E-state index contributed by atoms with van der Waals surface area (Å²) >= 11 is 3.46. The summed E-state index contributed by atoms with van der Waals surface area (Å²) in [5, 5.41) is 38.9. The number of nitrogens with zero attached hydrogens (tertiary/aromatic N) is 10. The molecule has 2 aliphatic heterocycles. The van der Waals surface area contributed by atoms with Crippen molar-refractivity contribution in [1.29, 1.82) is 0 Å². The van der Waals surface area contributed by atoms with Gasteiger partial charge < -0.3 is 31.5 Å². The minimum atomic E-state index is -1.68. The molecule has 4 aromatic carbocycles. The van der Waals surface area contributed by atoms with Gasteiger partial charge in [-0.1, -0.05) is 58.0 Å². The Balaban J connectivity index is 0.000000174. The molecule has 2 fully saturated rings. The van der Waals surface area contributed by atoms with Crippen LogP contribution in [-0.2, 0) is 23.7 Å². The van der Waals surface area contributed by atoms with E-state index in [1.165, 1.54) is 9.80 Å². The Bertz CT molecular complexity index is 3500. The highest BCUT2D eigenvalue weighted by molar-refractivity contribution is 9.10. The van der Waals surface area contributed by atoms with E-state index in [-0.39, 0.29) is 23.7 Å². The molecule has 0 unspecified atom stereocenters. The van der Waals surface area contributed by atoms with Gasteiger partial charge in [-0.3, -0.25) is 32.9 Å². The third-order valence-electron chi connectivity index (χ3n) is 11.7. The number of likely N-dealkylation sites (tertiary alicyclic amines) is 2. The average Bonchev–Trinajstić information content (AvgIpc) is 4.24. The van der Waals surface area contributed by atoms with Gasteiger partial charge in [0.15, 0.2) is 11.4 Å². The van der Waals surface area contributed by atoms with Crippen LogP contribution in [0.1, 0.15) is 40.8 Å². The first-order valence-electron chi connectivity index (χ1n) is 22.3. The number of primary amides is 2. The second-order valence-electron chi connectivity index (χ2n) is 16.6. The van der Waals surface area contributed by atoms with Crippen molar-refractivity contribution in [2.45, 2.75) is 24.0 Å². The lowest BCUT2D eigenvalue weighted by Crippen LogP contribution is -2.37. The molecule has 6 N–H and O–H groups in total. The Kier molecular flexibility index (Phi) is 14.3. The average molecular weight is 1020 g/mol. The highest BCUT2D eigenvalue weighted by Crippen LogP contribution is 2.30. The minimum Gasteiger partial charge on any atom is -0.369 e. The maximum absolute atomic E-state index is 12.2. The van der Waals surface area contributed by atoms with Crippen molar-refractivity contribution in [3.05, 3.63) is 131 Å². The van der Waals surface area contributed by atoms with Crippen molar-refractivity contribution < 1.29 is 35.2 Å². The quantitative estimate of drug-likeness (QED) is 0.170. The lowest BCUT2D eigenvalue weighted by atomic mass is 10.0. The van der Waals surface area contributed by atoms with Crippen LogP contribution in [0.5, 0.6) is 0 Å². The van der Waals surface area contributed by atoms with Gasteiger partial charge in [-0.05, 0) is 72.8 Å². The van der Waals surface area contributed by atoms with Gasteiger partial charge in [0.1, 0.15) is 0 Å². The van der Waals surface area contributed by atoms with Gasteiger partial charge in [0, 0.05) is 98.5 Å². The fourth-order valence-corrected chi connectivity index (χ4v) is 8.29. The Morgan fingerprint density at radius 3 is 1.56 bits per heavy atom. The van der Waals surface area contributed by atoms with Crippen molar-refractivity contribution >= 4 is 61.4 Å². The molecule has 8 aromatic rings. The Morgan fingerprint density at radius 2 is 1.17 bits per heavy atom. The molecule has 0 aliphatic carbocycles. The molecule has 362 valence electrons. The zero-order valence-electron chi connectivity index (χ0n) is 39.9. The Labute approximate surface area is 416 Å². The number of hydrogen-bond acceptors (Lipinski definition) is 10. The fourth-order valence-electron chi connectivity index (χ4n) is 7.91. The van der Waals surface area contributed by atoms with Crippen LogP contribution in [0.25, 0.3) is 55.7 Å². The molecule has 71 heavy (non-hydrogen) atoms. The van der Waals surface area contributed by atoms with Crippen molar-refractivity contribution in [2.24, 2.45) is 25.6 Å². The number of nitrogens with two attached hydrogens (primary N) is 2. The van der Waals surface area contributed by atoms with Crippen LogP contribution < -0.4 is 11.5 Å². The van der Waals surface area contributed by atoms with E-state index >= 15 is 0 Å². The van der Waals surface area contributed by atoms with Crippen LogP contribution in [0.4, 0.5) is 4.39 Å². The molecule has 6 heterocycles. The van der Waals surface area contributed by atoms with Crippen molar-refractivity contribution in [3.63, 3.8) is 0 Å². The summed E-state index contributed by atoms with van der Waals surface area (Å²) in [5.41, 5.74) is 15.3. The van der Waals surface area contributed by atoms with Gasteiger partial charge in [-0.2, -0.15) is 20.4 Å². The molecule has 0 bridgehead atoms. The maximum atomic E-state index is 12.2. The van der Waals surface area contributed by atoms with Crippen molar-refractivity contribution in [2.75, 3.05) is 34.3 Å². The third kappa shape index (κ3) is 10.5. The monoisotopic (exact) mass is 1020 g/mol. The summed E-state index contributed by atoms with van der Waals surface area (Å²) < 4.78 is 23.2. The lowest BCUT2D eigenvalue weighted by molar-refractivity contribution is -0.138. The lowest BCUT2D eigenvalue weighted by Gasteiger charge is -2.13. The van der Waals surface area contributed by atoms with Gasteiger partial charge >= 0.3 is 0 Å². The number of alkyl halides is 1.